The number of imide groups is 1. The molecule has 0 unspecified atom stereocenters. The van der Waals surface area contributed by atoms with Gasteiger partial charge in [0, 0.05) is 11.1 Å². The van der Waals surface area contributed by atoms with Crippen LogP contribution in [0.4, 0.5) is 13.6 Å². The minimum Gasteiger partial charge on any atom is -0.319 e. The monoisotopic (exact) mass is 400 g/mol. The number of rotatable bonds is 6. The lowest BCUT2D eigenvalue weighted by Gasteiger charge is -2.22. The molecule has 0 saturated carbocycles. The van der Waals surface area contributed by atoms with Crippen molar-refractivity contribution in [2.45, 2.75) is 38.6 Å². The molecular formula is C22H22F2N2O3. The molecule has 0 spiro atoms. The van der Waals surface area contributed by atoms with Gasteiger partial charge in [0.1, 0.15) is 17.2 Å². The Morgan fingerprint density at radius 2 is 1.79 bits per heavy atom. The smallest absolute Gasteiger partial charge is 0.319 e. The fourth-order valence-corrected chi connectivity index (χ4v) is 3.37. The molecule has 1 aliphatic heterocycles. The van der Waals surface area contributed by atoms with Gasteiger partial charge in [0.05, 0.1) is 6.54 Å². The van der Waals surface area contributed by atoms with Crippen LogP contribution in [0.1, 0.15) is 54.6 Å². The Balaban J connectivity index is 1.81. The van der Waals surface area contributed by atoms with Gasteiger partial charge in [-0.05, 0) is 43.0 Å². The highest BCUT2D eigenvalue weighted by atomic mass is 19.1. The van der Waals surface area contributed by atoms with Crippen LogP contribution >= 0.6 is 0 Å². The Bertz CT molecular complexity index is 975. The molecule has 1 heterocycles. The summed E-state index contributed by atoms with van der Waals surface area (Å²) >= 11 is 0. The number of urea groups is 1. The Morgan fingerprint density at radius 3 is 2.41 bits per heavy atom. The predicted molar refractivity (Wildman–Crippen MR) is 103 cm³/mol. The van der Waals surface area contributed by atoms with Crippen molar-refractivity contribution in [3.63, 3.8) is 0 Å². The van der Waals surface area contributed by atoms with Crippen molar-refractivity contribution < 1.29 is 23.2 Å². The molecule has 7 heteroatoms. The number of halogens is 2. The molecule has 29 heavy (non-hydrogen) atoms. The van der Waals surface area contributed by atoms with E-state index in [2.05, 4.69) is 19.2 Å². The highest BCUT2D eigenvalue weighted by molar-refractivity contribution is 6.11. The average Bonchev–Trinajstić information content (AvgIpc) is 2.93. The zero-order chi connectivity index (χ0) is 21.3. The molecule has 5 nitrogen and oxygen atoms in total. The molecule has 0 radical (unpaired) electrons. The lowest BCUT2D eigenvalue weighted by atomic mass is 9.91. The Morgan fingerprint density at radius 1 is 1.14 bits per heavy atom. The maximum absolute atomic E-state index is 14.2. The lowest BCUT2D eigenvalue weighted by molar-refractivity contribution is -0.130. The van der Waals surface area contributed by atoms with Crippen LogP contribution in [0, 0.1) is 11.6 Å². The van der Waals surface area contributed by atoms with E-state index in [-0.39, 0.29) is 5.56 Å². The molecule has 152 valence electrons. The second kappa shape index (κ2) is 7.73. The number of amides is 3. The maximum atomic E-state index is 14.2. The summed E-state index contributed by atoms with van der Waals surface area (Å²) in [5, 5.41) is 2.38. The van der Waals surface area contributed by atoms with Gasteiger partial charge in [0.25, 0.3) is 5.91 Å². The summed E-state index contributed by atoms with van der Waals surface area (Å²) in [5.74, 6) is -2.44. The van der Waals surface area contributed by atoms with Crippen molar-refractivity contribution in [3.05, 3.63) is 70.8 Å². The summed E-state index contributed by atoms with van der Waals surface area (Å²) in [6.45, 7) is 4.95. The van der Waals surface area contributed by atoms with E-state index in [9.17, 15) is 23.2 Å². The van der Waals surface area contributed by atoms with Crippen molar-refractivity contribution in [2.75, 3.05) is 6.54 Å². The topological polar surface area (TPSA) is 66.5 Å². The number of hydrogen-bond acceptors (Lipinski definition) is 3. The third-order valence-electron chi connectivity index (χ3n) is 5.46. The van der Waals surface area contributed by atoms with Gasteiger partial charge in [-0.25, -0.2) is 13.6 Å². The maximum Gasteiger partial charge on any atom is 0.325 e. The molecule has 2 aromatic carbocycles. The second-order valence-corrected chi connectivity index (χ2v) is 7.43. The number of Topliss-reactive ketones (excluding diaryl/α,β-unsaturated/α-hetero) is 1. The van der Waals surface area contributed by atoms with Crippen molar-refractivity contribution in [2.24, 2.45) is 0 Å². The molecule has 2 atom stereocenters. The van der Waals surface area contributed by atoms with Gasteiger partial charge in [0.2, 0.25) is 0 Å². The van der Waals surface area contributed by atoms with E-state index in [0.717, 1.165) is 35.1 Å². The number of carbonyl (C=O) groups excluding carboxylic acids is 3. The van der Waals surface area contributed by atoms with E-state index >= 15 is 0 Å². The standard InChI is InChI=1S/C22H22F2N2O3/c1-4-13(2)14-5-7-15(8-6-14)19(27)12-26-20(28)22(3,25-21(26)29)17-11-16(23)9-10-18(17)24/h5-11,13H,4,12H2,1-3H3,(H,25,29)/t13-,22+/m0/s1. The molecule has 3 amide bonds. The molecule has 0 aliphatic carbocycles. The fourth-order valence-electron chi connectivity index (χ4n) is 3.37. The van der Waals surface area contributed by atoms with E-state index in [1.807, 2.05) is 12.1 Å². The van der Waals surface area contributed by atoms with Crippen molar-refractivity contribution >= 4 is 17.7 Å². The molecule has 0 aromatic heterocycles. The first-order valence-electron chi connectivity index (χ1n) is 9.40. The quantitative estimate of drug-likeness (QED) is 0.586. The van der Waals surface area contributed by atoms with Crippen LogP contribution in [0.25, 0.3) is 0 Å². The molecule has 2 aromatic rings. The van der Waals surface area contributed by atoms with Crippen molar-refractivity contribution in [1.82, 2.24) is 10.2 Å². The van der Waals surface area contributed by atoms with Crippen LogP contribution in [0.3, 0.4) is 0 Å². The van der Waals surface area contributed by atoms with Crippen LogP contribution < -0.4 is 5.32 Å². The summed E-state index contributed by atoms with van der Waals surface area (Å²) in [5.41, 5.74) is -0.621. The molecular weight excluding hydrogens is 378 g/mol. The van der Waals surface area contributed by atoms with Crippen LogP contribution in [0.5, 0.6) is 0 Å². The summed E-state index contributed by atoms with van der Waals surface area (Å²) in [6.07, 6.45) is 0.963. The number of hydrogen-bond donors (Lipinski definition) is 1. The Hall–Kier alpha value is -3.09. The average molecular weight is 400 g/mol. The first kappa shape index (κ1) is 20.6. The first-order chi connectivity index (χ1) is 13.7. The highest BCUT2D eigenvalue weighted by Gasteiger charge is 2.50. The third kappa shape index (κ3) is 3.77. The normalized spacial score (nSPS) is 20.0. The minimum absolute atomic E-state index is 0.288. The summed E-state index contributed by atoms with van der Waals surface area (Å²) in [7, 11) is 0. The summed E-state index contributed by atoms with van der Waals surface area (Å²) < 4.78 is 27.8. The minimum atomic E-state index is -1.79. The van der Waals surface area contributed by atoms with Gasteiger partial charge < -0.3 is 5.32 Å². The lowest BCUT2D eigenvalue weighted by Crippen LogP contribution is -2.42. The molecule has 1 fully saturated rings. The van der Waals surface area contributed by atoms with E-state index in [1.165, 1.54) is 6.92 Å². The number of ketones is 1. The zero-order valence-electron chi connectivity index (χ0n) is 16.5. The van der Waals surface area contributed by atoms with Crippen LogP contribution in [0.15, 0.2) is 42.5 Å². The number of benzene rings is 2. The Labute approximate surface area is 167 Å². The SMILES string of the molecule is CC[C@H](C)c1ccc(C(=O)CN2C(=O)N[C@](C)(c3cc(F)ccc3F)C2=O)cc1. The largest absolute Gasteiger partial charge is 0.325 e. The van der Waals surface area contributed by atoms with Gasteiger partial charge in [-0.15, -0.1) is 0 Å². The zero-order valence-corrected chi connectivity index (χ0v) is 16.5. The summed E-state index contributed by atoms with van der Waals surface area (Å²) in [6, 6.07) is 8.87. The fraction of sp³-hybridized carbons (Fsp3) is 0.318. The van der Waals surface area contributed by atoms with E-state index in [4.69, 9.17) is 0 Å². The van der Waals surface area contributed by atoms with Crippen LogP contribution in [0.2, 0.25) is 0 Å². The number of nitrogens with zero attached hydrogens (tertiary/aromatic N) is 1. The Kier molecular flexibility index (Phi) is 5.50. The number of nitrogens with one attached hydrogen (secondary N) is 1. The van der Waals surface area contributed by atoms with Crippen LogP contribution in [-0.2, 0) is 10.3 Å². The summed E-state index contributed by atoms with van der Waals surface area (Å²) in [4.78, 5) is 38.5. The van der Waals surface area contributed by atoms with Gasteiger partial charge in [-0.3, -0.25) is 14.5 Å². The molecule has 1 aliphatic rings. The van der Waals surface area contributed by atoms with Gasteiger partial charge in [0.15, 0.2) is 5.78 Å². The molecule has 3 rings (SSSR count). The van der Waals surface area contributed by atoms with Gasteiger partial charge in [-0.2, -0.15) is 0 Å². The number of carbonyl (C=O) groups is 3. The van der Waals surface area contributed by atoms with E-state index < -0.39 is 41.4 Å². The first-order valence-corrected chi connectivity index (χ1v) is 9.40. The second-order valence-electron chi connectivity index (χ2n) is 7.43. The molecule has 1 N–H and O–H groups in total. The highest BCUT2D eigenvalue weighted by Crippen LogP contribution is 2.31. The molecule has 0 bridgehead atoms. The predicted octanol–water partition coefficient (Wildman–Crippen LogP) is 4.13. The van der Waals surface area contributed by atoms with Gasteiger partial charge in [-0.1, -0.05) is 38.1 Å². The van der Waals surface area contributed by atoms with E-state index in [1.54, 1.807) is 12.1 Å². The van der Waals surface area contributed by atoms with Gasteiger partial charge >= 0.3 is 6.03 Å². The van der Waals surface area contributed by atoms with Crippen LogP contribution in [-0.4, -0.2) is 29.2 Å². The van der Waals surface area contributed by atoms with E-state index in [0.29, 0.717) is 11.5 Å². The molecule has 1 saturated heterocycles. The van der Waals surface area contributed by atoms with Crippen molar-refractivity contribution in [3.8, 4) is 0 Å². The van der Waals surface area contributed by atoms with Crippen molar-refractivity contribution in [1.29, 1.82) is 0 Å². The third-order valence-corrected chi connectivity index (χ3v) is 5.46.